The van der Waals surface area contributed by atoms with Gasteiger partial charge in [-0.1, -0.05) is 31.5 Å². The van der Waals surface area contributed by atoms with Gasteiger partial charge in [-0.15, -0.1) is 0 Å². The van der Waals surface area contributed by atoms with Crippen molar-refractivity contribution in [2.45, 2.75) is 39.7 Å². The molecule has 1 atom stereocenters. The molecule has 0 saturated heterocycles. The van der Waals surface area contributed by atoms with E-state index >= 15 is 0 Å². The Labute approximate surface area is 126 Å². The van der Waals surface area contributed by atoms with Gasteiger partial charge in [0.2, 0.25) is 0 Å². The van der Waals surface area contributed by atoms with Crippen LogP contribution in [0.15, 0.2) is 36.7 Å². The van der Waals surface area contributed by atoms with Gasteiger partial charge in [-0.25, -0.2) is 4.68 Å². The van der Waals surface area contributed by atoms with Crippen LogP contribution in [0.25, 0.3) is 5.69 Å². The lowest BCUT2D eigenvalue weighted by atomic mass is 10.0. The monoisotopic (exact) mass is 291 g/mol. The van der Waals surface area contributed by atoms with Gasteiger partial charge in [0.05, 0.1) is 10.7 Å². The van der Waals surface area contributed by atoms with Gasteiger partial charge < -0.3 is 5.32 Å². The molecule has 2 rings (SSSR count). The van der Waals surface area contributed by atoms with Crippen molar-refractivity contribution < 1.29 is 0 Å². The first-order valence-corrected chi connectivity index (χ1v) is 7.50. The first-order chi connectivity index (χ1) is 9.58. The fourth-order valence-corrected chi connectivity index (χ4v) is 2.45. The molecule has 0 aliphatic carbocycles. The largest absolute Gasteiger partial charge is 0.381 e. The van der Waals surface area contributed by atoms with E-state index in [0.29, 0.717) is 11.1 Å². The second-order valence-electron chi connectivity index (χ2n) is 5.60. The fourth-order valence-electron chi connectivity index (χ4n) is 2.19. The molecule has 0 fully saturated rings. The number of benzene rings is 1. The lowest BCUT2D eigenvalue weighted by Crippen LogP contribution is -2.17. The Morgan fingerprint density at radius 2 is 2.00 bits per heavy atom. The third kappa shape index (κ3) is 3.76. The first-order valence-electron chi connectivity index (χ1n) is 7.13. The van der Waals surface area contributed by atoms with E-state index in [2.05, 4.69) is 37.3 Å². The van der Waals surface area contributed by atoms with E-state index in [-0.39, 0.29) is 0 Å². The van der Waals surface area contributed by atoms with Crippen LogP contribution in [0, 0.1) is 5.92 Å². The molecular weight excluding hydrogens is 270 g/mol. The van der Waals surface area contributed by atoms with Crippen LogP contribution >= 0.6 is 11.6 Å². The molecule has 0 radical (unpaired) electrons. The summed E-state index contributed by atoms with van der Waals surface area (Å²) in [7, 11) is 0. The summed E-state index contributed by atoms with van der Waals surface area (Å²) >= 11 is 6.33. The van der Waals surface area contributed by atoms with E-state index < -0.39 is 0 Å². The number of nitrogens with zero attached hydrogens (tertiary/aromatic N) is 2. The molecule has 0 aliphatic rings. The van der Waals surface area contributed by atoms with Gasteiger partial charge in [-0.2, -0.15) is 5.10 Å². The Balaban J connectivity index is 2.18. The summed E-state index contributed by atoms with van der Waals surface area (Å²) in [6.07, 6.45) is 6.02. The summed E-state index contributed by atoms with van der Waals surface area (Å²) in [6, 6.07) is 8.21. The molecule has 0 saturated carbocycles. The average Bonchev–Trinajstić information content (AvgIpc) is 2.90. The summed E-state index contributed by atoms with van der Waals surface area (Å²) in [5, 5.41) is 8.53. The minimum absolute atomic E-state index is 0.408. The topological polar surface area (TPSA) is 29.9 Å². The number of nitrogens with one attached hydrogen (secondary N) is 1. The third-order valence-electron chi connectivity index (χ3n) is 3.30. The summed E-state index contributed by atoms with van der Waals surface area (Å²) < 4.78 is 1.81. The van der Waals surface area contributed by atoms with Crippen molar-refractivity contribution in [1.82, 2.24) is 9.78 Å². The molecule has 20 heavy (non-hydrogen) atoms. The number of anilines is 1. The van der Waals surface area contributed by atoms with Crippen LogP contribution in [-0.4, -0.2) is 15.8 Å². The number of halogens is 1. The highest BCUT2D eigenvalue weighted by Crippen LogP contribution is 2.28. The smallest absolute Gasteiger partial charge is 0.106 e. The second kappa shape index (κ2) is 6.80. The lowest BCUT2D eigenvalue weighted by molar-refractivity contribution is 0.527. The van der Waals surface area contributed by atoms with Crippen LogP contribution in [0.5, 0.6) is 0 Å². The molecule has 0 amide bonds. The Kier molecular flexibility index (Phi) is 5.07. The third-order valence-corrected chi connectivity index (χ3v) is 3.60. The summed E-state index contributed by atoms with van der Waals surface area (Å²) in [4.78, 5) is 0. The highest BCUT2D eigenvalue weighted by atomic mass is 35.5. The molecule has 0 aliphatic heterocycles. The Morgan fingerprint density at radius 3 is 2.65 bits per heavy atom. The maximum Gasteiger partial charge on any atom is 0.106 e. The average molecular weight is 292 g/mol. The minimum Gasteiger partial charge on any atom is -0.381 e. The predicted molar refractivity (Wildman–Crippen MR) is 85.7 cm³/mol. The molecule has 2 aromatic rings. The number of hydrogen-bond acceptors (Lipinski definition) is 2. The lowest BCUT2D eigenvalue weighted by Gasteiger charge is -2.19. The fraction of sp³-hybridized carbons (Fsp3) is 0.438. The van der Waals surface area contributed by atoms with Gasteiger partial charge in [-0.3, -0.25) is 0 Å². The zero-order valence-corrected chi connectivity index (χ0v) is 13.1. The normalized spacial score (nSPS) is 12.7. The van der Waals surface area contributed by atoms with Gasteiger partial charge >= 0.3 is 0 Å². The molecular formula is C16H22ClN3. The van der Waals surface area contributed by atoms with E-state index in [1.807, 2.05) is 24.4 Å². The molecule has 1 aromatic carbocycles. The SMILES string of the molecule is CC(C)CCC(C)Nc1cccc(Cl)c1-n1cccn1. The maximum atomic E-state index is 6.33. The first kappa shape index (κ1) is 14.9. The van der Waals surface area contributed by atoms with E-state index in [4.69, 9.17) is 11.6 Å². The quantitative estimate of drug-likeness (QED) is 0.831. The van der Waals surface area contributed by atoms with Gasteiger partial charge in [-0.05, 0) is 43.9 Å². The van der Waals surface area contributed by atoms with Gasteiger partial charge in [0.15, 0.2) is 0 Å². The number of rotatable bonds is 6. The van der Waals surface area contributed by atoms with Crippen molar-refractivity contribution in [3.8, 4) is 5.69 Å². The van der Waals surface area contributed by atoms with E-state index in [0.717, 1.165) is 23.7 Å². The molecule has 3 nitrogen and oxygen atoms in total. The summed E-state index contributed by atoms with van der Waals surface area (Å²) in [5.74, 6) is 0.726. The van der Waals surface area contributed by atoms with Gasteiger partial charge in [0.25, 0.3) is 0 Å². The van der Waals surface area contributed by atoms with Crippen LogP contribution in [0.1, 0.15) is 33.6 Å². The van der Waals surface area contributed by atoms with Crippen molar-refractivity contribution in [2.75, 3.05) is 5.32 Å². The van der Waals surface area contributed by atoms with Crippen molar-refractivity contribution in [1.29, 1.82) is 0 Å². The van der Waals surface area contributed by atoms with Crippen LogP contribution in [0.3, 0.4) is 0 Å². The van der Waals surface area contributed by atoms with E-state index in [9.17, 15) is 0 Å². The number of hydrogen-bond donors (Lipinski definition) is 1. The Hall–Kier alpha value is -1.48. The van der Waals surface area contributed by atoms with Gasteiger partial charge in [0.1, 0.15) is 5.69 Å². The van der Waals surface area contributed by atoms with Crippen molar-refractivity contribution in [3.05, 3.63) is 41.7 Å². The Morgan fingerprint density at radius 1 is 1.20 bits per heavy atom. The highest BCUT2D eigenvalue weighted by Gasteiger charge is 2.12. The van der Waals surface area contributed by atoms with Crippen LogP contribution in [0.2, 0.25) is 5.02 Å². The van der Waals surface area contributed by atoms with E-state index in [1.54, 1.807) is 10.9 Å². The van der Waals surface area contributed by atoms with Crippen molar-refractivity contribution in [3.63, 3.8) is 0 Å². The predicted octanol–water partition coefficient (Wildman–Crippen LogP) is 4.76. The summed E-state index contributed by atoms with van der Waals surface area (Å²) in [6.45, 7) is 6.71. The molecule has 1 aromatic heterocycles. The number of aromatic nitrogens is 2. The van der Waals surface area contributed by atoms with Crippen molar-refractivity contribution in [2.24, 2.45) is 5.92 Å². The van der Waals surface area contributed by atoms with Gasteiger partial charge in [0, 0.05) is 18.4 Å². The molecule has 1 N–H and O–H groups in total. The molecule has 1 unspecified atom stereocenters. The van der Waals surface area contributed by atoms with E-state index in [1.165, 1.54) is 6.42 Å². The number of para-hydroxylation sites is 1. The zero-order valence-electron chi connectivity index (χ0n) is 12.3. The zero-order chi connectivity index (χ0) is 14.5. The van der Waals surface area contributed by atoms with Crippen LogP contribution in [0.4, 0.5) is 5.69 Å². The summed E-state index contributed by atoms with van der Waals surface area (Å²) in [5.41, 5.74) is 1.94. The molecule has 108 valence electrons. The molecule has 1 heterocycles. The van der Waals surface area contributed by atoms with Crippen LogP contribution < -0.4 is 5.32 Å². The van der Waals surface area contributed by atoms with Crippen molar-refractivity contribution >= 4 is 17.3 Å². The minimum atomic E-state index is 0.408. The second-order valence-corrected chi connectivity index (χ2v) is 6.01. The molecule has 4 heteroatoms. The Bertz CT molecular complexity index is 535. The maximum absolute atomic E-state index is 6.33. The highest BCUT2D eigenvalue weighted by molar-refractivity contribution is 6.33. The van der Waals surface area contributed by atoms with Crippen LogP contribution in [-0.2, 0) is 0 Å². The molecule has 0 bridgehead atoms. The molecule has 0 spiro atoms. The standard InChI is InChI=1S/C16H22ClN3/c1-12(2)8-9-13(3)19-15-7-4-6-14(17)16(15)20-11-5-10-18-20/h4-7,10-13,19H,8-9H2,1-3H3.